The molecule has 0 saturated carbocycles. The molecule has 3 nitrogen and oxygen atoms in total. The van der Waals surface area contributed by atoms with E-state index in [4.69, 9.17) is 14.9 Å². The van der Waals surface area contributed by atoms with Gasteiger partial charge in [0.25, 0.3) is 0 Å². The summed E-state index contributed by atoms with van der Waals surface area (Å²) in [6.07, 6.45) is 0.654. The number of halogens is 1. The van der Waals surface area contributed by atoms with Gasteiger partial charge in [-0.1, -0.05) is 6.92 Å². The molecular formula is C15H22FNO2. The Morgan fingerprint density at radius 3 is 2.05 bits per heavy atom. The third-order valence-corrected chi connectivity index (χ3v) is 3.03. The van der Waals surface area contributed by atoms with Gasteiger partial charge in [-0.3, -0.25) is 0 Å². The standard InChI is InChI=1S/C15H22FNO2/c1-6-11-9(4)14(18-7-2)15(19-8-3)13(16)12(11)10(5)17/h17H,6-8H2,1-5H3. The second-order valence-corrected chi connectivity index (χ2v) is 4.30. The average Bonchev–Trinajstić information content (AvgIpc) is 2.36. The molecule has 1 aromatic rings. The molecule has 0 aliphatic heterocycles. The summed E-state index contributed by atoms with van der Waals surface area (Å²) in [5.74, 6) is 0.101. The molecule has 0 bridgehead atoms. The van der Waals surface area contributed by atoms with Crippen molar-refractivity contribution in [3.63, 3.8) is 0 Å². The highest BCUT2D eigenvalue weighted by Crippen LogP contribution is 2.39. The lowest BCUT2D eigenvalue weighted by molar-refractivity contribution is 0.273. The van der Waals surface area contributed by atoms with Crippen LogP contribution in [0.4, 0.5) is 4.39 Å². The van der Waals surface area contributed by atoms with Crippen LogP contribution in [0.5, 0.6) is 11.5 Å². The van der Waals surface area contributed by atoms with Gasteiger partial charge in [-0.05, 0) is 45.2 Å². The highest BCUT2D eigenvalue weighted by Gasteiger charge is 2.24. The summed E-state index contributed by atoms with van der Waals surface area (Å²) in [7, 11) is 0. The fraction of sp³-hybridized carbons (Fsp3) is 0.533. The molecule has 106 valence electrons. The minimum atomic E-state index is -0.486. The number of benzene rings is 1. The van der Waals surface area contributed by atoms with Crippen LogP contribution in [0.15, 0.2) is 0 Å². The number of nitrogens with one attached hydrogen (secondary N) is 1. The first-order chi connectivity index (χ1) is 8.99. The second kappa shape index (κ2) is 6.55. The van der Waals surface area contributed by atoms with Gasteiger partial charge < -0.3 is 14.9 Å². The van der Waals surface area contributed by atoms with E-state index < -0.39 is 5.82 Å². The average molecular weight is 267 g/mol. The van der Waals surface area contributed by atoms with Crippen molar-refractivity contribution in [2.45, 2.75) is 41.0 Å². The monoisotopic (exact) mass is 267 g/mol. The molecule has 0 atom stereocenters. The van der Waals surface area contributed by atoms with E-state index in [1.54, 1.807) is 13.8 Å². The van der Waals surface area contributed by atoms with Gasteiger partial charge in [-0.2, -0.15) is 0 Å². The molecule has 0 spiro atoms. The minimum Gasteiger partial charge on any atom is -0.490 e. The first-order valence-corrected chi connectivity index (χ1v) is 6.65. The molecule has 4 heteroatoms. The van der Waals surface area contributed by atoms with Crippen molar-refractivity contribution < 1.29 is 13.9 Å². The Kier molecular flexibility index (Phi) is 5.33. The van der Waals surface area contributed by atoms with E-state index in [1.165, 1.54) is 0 Å². The maximum absolute atomic E-state index is 14.6. The van der Waals surface area contributed by atoms with E-state index in [2.05, 4.69) is 0 Å². The van der Waals surface area contributed by atoms with Crippen LogP contribution in [0.25, 0.3) is 0 Å². The van der Waals surface area contributed by atoms with Crippen molar-refractivity contribution in [2.75, 3.05) is 13.2 Å². The lowest BCUT2D eigenvalue weighted by Gasteiger charge is -2.20. The zero-order chi connectivity index (χ0) is 14.6. The molecule has 0 radical (unpaired) electrons. The second-order valence-electron chi connectivity index (χ2n) is 4.30. The molecule has 0 fully saturated rings. The van der Waals surface area contributed by atoms with Gasteiger partial charge in [-0.25, -0.2) is 4.39 Å². The fourth-order valence-electron chi connectivity index (χ4n) is 2.26. The highest BCUT2D eigenvalue weighted by molar-refractivity contribution is 5.99. The molecule has 1 N–H and O–H groups in total. The van der Waals surface area contributed by atoms with E-state index in [0.717, 1.165) is 11.1 Å². The third kappa shape index (κ3) is 2.88. The zero-order valence-electron chi connectivity index (χ0n) is 12.3. The van der Waals surface area contributed by atoms with Gasteiger partial charge in [0.2, 0.25) is 0 Å². The Hall–Kier alpha value is -1.58. The summed E-state index contributed by atoms with van der Waals surface area (Å²) in [6, 6.07) is 0. The van der Waals surface area contributed by atoms with Gasteiger partial charge in [0.05, 0.1) is 13.2 Å². The van der Waals surface area contributed by atoms with Crippen molar-refractivity contribution in [3.8, 4) is 11.5 Å². The smallest absolute Gasteiger partial charge is 0.198 e. The Morgan fingerprint density at radius 1 is 1.11 bits per heavy atom. The Morgan fingerprint density at radius 2 is 1.63 bits per heavy atom. The number of hydrogen-bond donors (Lipinski definition) is 1. The summed E-state index contributed by atoms with van der Waals surface area (Å²) in [4.78, 5) is 0. The summed E-state index contributed by atoms with van der Waals surface area (Å²) >= 11 is 0. The topological polar surface area (TPSA) is 42.3 Å². The number of ether oxygens (including phenoxy) is 2. The molecule has 0 heterocycles. The van der Waals surface area contributed by atoms with Crippen molar-refractivity contribution in [1.82, 2.24) is 0 Å². The predicted octanol–water partition coefficient (Wildman–Crippen LogP) is 3.88. The molecule has 1 rings (SSSR count). The largest absolute Gasteiger partial charge is 0.490 e. The van der Waals surface area contributed by atoms with Gasteiger partial charge in [0.15, 0.2) is 17.3 Å². The molecule has 1 aromatic carbocycles. The van der Waals surface area contributed by atoms with Crippen LogP contribution in [0, 0.1) is 18.2 Å². The van der Waals surface area contributed by atoms with E-state index in [-0.39, 0.29) is 11.5 Å². The third-order valence-electron chi connectivity index (χ3n) is 3.03. The van der Waals surface area contributed by atoms with Crippen molar-refractivity contribution >= 4 is 5.71 Å². The molecule has 0 unspecified atom stereocenters. The molecule has 0 amide bonds. The van der Waals surface area contributed by atoms with Gasteiger partial charge in [-0.15, -0.1) is 0 Å². The van der Waals surface area contributed by atoms with Crippen LogP contribution in [0.1, 0.15) is 44.4 Å². The molecule has 0 aromatic heterocycles. The van der Waals surface area contributed by atoms with Crippen LogP contribution in [-0.2, 0) is 6.42 Å². The first kappa shape index (κ1) is 15.5. The minimum absolute atomic E-state index is 0.126. The first-order valence-electron chi connectivity index (χ1n) is 6.65. The Bertz CT molecular complexity index is 484. The highest BCUT2D eigenvalue weighted by atomic mass is 19.1. The van der Waals surface area contributed by atoms with Crippen LogP contribution in [0.3, 0.4) is 0 Å². The van der Waals surface area contributed by atoms with Crippen LogP contribution in [0.2, 0.25) is 0 Å². The Labute approximate surface area is 114 Å². The summed E-state index contributed by atoms with van der Waals surface area (Å²) in [6.45, 7) is 9.89. The summed E-state index contributed by atoms with van der Waals surface area (Å²) in [5.41, 5.74) is 2.22. The lowest BCUT2D eigenvalue weighted by atomic mass is 9.94. The maximum atomic E-state index is 14.6. The van der Waals surface area contributed by atoms with Crippen molar-refractivity contribution in [1.29, 1.82) is 5.41 Å². The lowest BCUT2D eigenvalue weighted by Crippen LogP contribution is -2.11. The predicted molar refractivity (Wildman–Crippen MR) is 75.4 cm³/mol. The number of hydrogen-bond acceptors (Lipinski definition) is 3. The SMILES string of the molecule is CCOc1c(C)c(CC)c(C(C)=N)c(F)c1OCC. The molecular weight excluding hydrogens is 245 g/mol. The van der Waals surface area contributed by atoms with Crippen LogP contribution in [-0.4, -0.2) is 18.9 Å². The maximum Gasteiger partial charge on any atom is 0.198 e. The van der Waals surface area contributed by atoms with Gasteiger partial charge >= 0.3 is 0 Å². The molecule has 0 aliphatic rings. The normalized spacial score (nSPS) is 10.4. The Balaban J connectivity index is 3.65. The molecule has 0 saturated heterocycles. The van der Waals surface area contributed by atoms with Gasteiger partial charge in [0.1, 0.15) is 0 Å². The van der Waals surface area contributed by atoms with E-state index in [0.29, 0.717) is 30.9 Å². The van der Waals surface area contributed by atoms with E-state index in [1.807, 2.05) is 20.8 Å². The van der Waals surface area contributed by atoms with E-state index >= 15 is 0 Å². The summed E-state index contributed by atoms with van der Waals surface area (Å²) in [5, 5.41) is 7.78. The summed E-state index contributed by atoms with van der Waals surface area (Å²) < 4.78 is 25.5. The zero-order valence-corrected chi connectivity index (χ0v) is 12.3. The van der Waals surface area contributed by atoms with Crippen LogP contribution >= 0.6 is 0 Å². The van der Waals surface area contributed by atoms with Crippen LogP contribution < -0.4 is 9.47 Å². The van der Waals surface area contributed by atoms with Crippen molar-refractivity contribution in [3.05, 3.63) is 22.5 Å². The number of rotatable bonds is 6. The molecule has 0 aliphatic carbocycles. The van der Waals surface area contributed by atoms with E-state index in [9.17, 15) is 4.39 Å². The quantitative estimate of drug-likeness (QED) is 0.795. The fourth-order valence-corrected chi connectivity index (χ4v) is 2.26. The molecule has 19 heavy (non-hydrogen) atoms. The van der Waals surface area contributed by atoms with Gasteiger partial charge in [0, 0.05) is 11.3 Å². The van der Waals surface area contributed by atoms with Crippen molar-refractivity contribution in [2.24, 2.45) is 0 Å².